The quantitative estimate of drug-likeness (QED) is 0.906. The fraction of sp³-hybridized carbons (Fsp3) is 0.583. The highest BCUT2D eigenvalue weighted by molar-refractivity contribution is 5.45. The predicted octanol–water partition coefficient (Wildman–Crippen LogP) is 2.91. The molecule has 0 amide bonds. The van der Waals surface area contributed by atoms with E-state index >= 15 is 0 Å². The van der Waals surface area contributed by atoms with Gasteiger partial charge in [0.1, 0.15) is 6.54 Å². The normalized spacial score (nSPS) is 13.8. The average molecular weight is 262 g/mol. The first kappa shape index (κ1) is 14.8. The minimum atomic E-state index is -4.26. The van der Waals surface area contributed by atoms with Gasteiger partial charge in [-0.1, -0.05) is 0 Å². The number of rotatable bonds is 4. The van der Waals surface area contributed by atoms with E-state index in [1.807, 2.05) is 0 Å². The van der Waals surface area contributed by atoms with E-state index < -0.39 is 18.8 Å². The number of halogens is 3. The van der Waals surface area contributed by atoms with Gasteiger partial charge in [0, 0.05) is 6.04 Å². The number of anilines is 1. The number of alkyl halides is 3. The molecule has 0 aliphatic heterocycles. The van der Waals surface area contributed by atoms with Crippen molar-refractivity contribution in [3.05, 3.63) is 24.0 Å². The maximum absolute atomic E-state index is 12.5. The Bertz CT molecular complexity index is 374. The summed E-state index contributed by atoms with van der Waals surface area (Å²) in [5.74, 6) is 0. The molecule has 0 spiro atoms. The lowest BCUT2D eigenvalue weighted by Gasteiger charge is -2.29. The van der Waals surface area contributed by atoms with Crippen molar-refractivity contribution < 1.29 is 18.3 Å². The van der Waals surface area contributed by atoms with Gasteiger partial charge >= 0.3 is 6.18 Å². The molecule has 0 radical (unpaired) electrons. The van der Waals surface area contributed by atoms with Crippen molar-refractivity contribution in [2.75, 3.05) is 11.4 Å². The van der Waals surface area contributed by atoms with Gasteiger partial charge in [0.05, 0.1) is 23.7 Å². The van der Waals surface area contributed by atoms with Crippen molar-refractivity contribution in [1.29, 1.82) is 0 Å². The molecule has 1 heterocycles. The first-order chi connectivity index (χ1) is 8.20. The Morgan fingerprint density at radius 2 is 1.89 bits per heavy atom. The first-order valence-electron chi connectivity index (χ1n) is 5.68. The highest BCUT2D eigenvalue weighted by Crippen LogP contribution is 2.24. The number of pyridine rings is 1. The van der Waals surface area contributed by atoms with Crippen LogP contribution in [0.1, 0.15) is 32.6 Å². The molecule has 1 aromatic heterocycles. The van der Waals surface area contributed by atoms with Crippen LogP contribution in [0.5, 0.6) is 0 Å². The summed E-state index contributed by atoms with van der Waals surface area (Å²) in [5.41, 5.74) is 0.834. The van der Waals surface area contributed by atoms with Gasteiger partial charge in [-0.2, -0.15) is 13.2 Å². The van der Waals surface area contributed by atoms with Crippen molar-refractivity contribution in [1.82, 2.24) is 4.98 Å². The van der Waals surface area contributed by atoms with Crippen LogP contribution in [0.25, 0.3) is 0 Å². The molecule has 0 saturated carbocycles. The Morgan fingerprint density at radius 1 is 1.28 bits per heavy atom. The molecule has 1 N–H and O–H groups in total. The third kappa shape index (κ3) is 4.18. The molecule has 102 valence electrons. The summed E-state index contributed by atoms with van der Waals surface area (Å²) in [6.45, 7) is 3.92. The van der Waals surface area contributed by atoms with Crippen molar-refractivity contribution in [2.45, 2.75) is 39.1 Å². The minimum absolute atomic E-state index is 0.286. The molecule has 1 aromatic rings. The summed E-state index contributed by atoms with van der Waals surface area (Å²) in [7, 11) is 0. The molecule has 18 heavy (non-hydrogen) atoms. The number of hydrogen-bond donors (Lipinski definition) is 1. The molecule has 6 heteroatoms. The van der Waals surface area contributed by atoms with Crippen LogP contribution in [-0.2, 0) is 0 Å². The number of aliphatic hydroxyl groups is 1. The van der Waals surface area contributed by atoms with Crippen molar-refractivity contribution in [2.24, 2.45) is 0 Å². The summed E-state index contributed by atoms with van der Waals surface area (Å²) in [6, 6.07) is 2.79. The van der Waals surface area contributed by atoms with Crippen LogP contribution in [0, 0.1) is 0 Å². The van der Waals surface area contributed by atoms with E-state index in [9.17, 15) is 18.3 Å². The zero-order chi connectivity index (χ0) is 13.9. The van der Waals surface area contributed by atoms with Crippen LogP contribution in [0.15, 0.2) is 18.3 Å². The molecule has 0 saturated heterocycles. The van der Waals surface area contributed by atoms with Gasteiger partial charge in [-0.25, -0.2) is 0 Å². The third-order valence-corrected chi connectivity index (χ3v) is 2.50. The van der Waals surface area contributed by atoms with Gasteiger partial charge in [0.15, 0.2) is 0 Å². The Kier molecular flexibility index (Phi) is 4.56. The van der Waals surface area contributed by atoms with E-state index in [0.29, 0.717) is 11.4 Å². The monoisotopic (exact) mass is 262 g/mol. The van der Waals surface area contributed by atoms with Gasteiger partial charge in [0.2, 0.25) is 0 Å². The van der Waals surface area contributed by atoms with E-state index in [4.69, 9.17) is 0 Å². The molecular formula is C12H17F3N2O. The van der Waals surface area contributed by atoms with Gasteiger partial charge in [-0.15, -0.1) is 0 Å². The summed E-state index contributed by atoms with van der Waals surface area (Å²) >= 11 is 0. The molecule has 1 unspecified atom stereocenters. The molecule has 0 aliphatic carbocycles. The molecule has 0 aromatic carbocycles. The fourth-order valence-corrected chi connectivity index (χ4v) is 1.58. The maximum atomic E-state index is 12.5. The first-order valence-corrected chi connectivity index (χ1v) is 5.68. The second kappa shape index (κ2) is 5.56. The van der Waals surface area contributed by atoms with Crippen LogP contribution in [0.3, 0.4) is 0 Å². The number of hydrogen-bond acceptors (Lipinski definition) is 3. The van der Waals surface area contributed by atoms with Gasteiger partial charge < -0.3 is 10.0 Å². The van der Waals surface area contributed by atoms with Crippen molar-refractivity contribution in [3.63, 3.8) is 0 Å². The number of aromatic nitrogens is 1. The zero-order valence-electron chi connectivity index (χ0n) is 10.6. The third-order valence-electron chi connectivity index (χ3n) is 2.50. The zero-order valence-corrected chi connectivity index (χ0v) is 10.6. The lowest BCUT2D eigenvalue weighted by Crippen LogP contribution is -2.39. The fourth-order valence-electron chi connectivity index (χ4n) is 1.58. The molecule has 3 nitrogen and oxygen atoms in total. The highest BCUT2D eigenvalue weighted by atomic mass is 19.4. The summed E-state index contributed by atoms with van der Waals surface area (Å²) in [4.78, 5) is 5.17. The molecule has 0 fully saturated rings. The van der Waals surface area contributed by atoms with Crippen molar-refractivity contribution >= 4 is 5.69 Å². The van der Waals surface area contributed by atoms with Gasteiger partial charge in [-0.05, 0) is 32.9 Å². The number of nitrogens with zero attached hydrogens (tertiary/aromatic N) is 2. The van der Waals surface area contributed by atoms with E-state index in [1.165, 1.54) is 17.2 Å². The van der Waals surface area contributed by atoms with Crippen LogP contribution in [0.2, 0.25) is 0 Å². The van der Waals surface area contributed by atoms with Crippen molar-refractivity contribution in [3.8, 4) is 0 Å². The average Bonchev–Trinajstić information content (AvgIpc) is 2.24. The van der Waals surface area contributed by atoms with Crippen LogP contribution >= 0.6 is 0 Å². The summed E-state index contributed by atoms with van der Waals surface area (Å²) in [5, 5.41) is 9.29. The molecule has 1 rings (SSSR count). The smallest absolute Gasteiger partial charge is 0.387 e. The second-order valence-electron chi connectivity index (χ2n) is 4.45. The largest absolute Gasteiger partial charge is 0.405 e. The Morgan fingerprint density at radius 3 is 2.22 bits per heavy atom. The lowest BCUT2D eigenvalue weighted by molar-refractivity contribution is -0.120. The Labute approximate surface area is 104 Å². The molecule has 1 atom stereocenters. The SMILES string of the molecule is CC(O)c1ccc(N(CC(F)(F)F)C(C)C)cn1. The van der Waals surface area contributed by atoms with E-state index in [-0.39, 0.29) is 6.04 Å². The van der Waals surface area contributed by atoms with Crippen LogP contribution in [-0.4, -0.2) is 28.9 Å². The van der Waals surface area contributed by atoms with E-state index in [2.05, 4.69) is 4.98 Å². The lowest BCUT2D eigenvalue weighted by atomic mass is 10.2. The molecule has 0 aliphatic rings. The Hall–Kier alpha value is -1.30. The maximum Gasteiger partial charge on any atom is 0.405 e. The van der Waals surface area contributed by atoms with E-state index in [1.54, 1.807) is 26.8 Å². The molecule has 0 bridgehead atoms. The summed E-state index contributed by atoms with van der Waals surface area (Å²) < 4.78 is 37.4. The minimum Gasteiger partial charge on any atom is -0.387 e. The van der Waals surface area contributed by atoms with Crippen LogP contribution < -0.4 is 4.90 Å². The van der Waals surface area contributed by atoms with Crippen LogP contribution in [0.4, 0.5) is 18.9 Å². The standard InChI is InChI=1S/C12H17F3N2O/c1-8(2)17(7-12(13,14)15)10-4-5-11(9(3)18)16-6-10/h4-6,8-9,18H,7H2,1-3H3. The van der Waals surface area contributed by atoms with E-state index in [0.717, 1.165) is 0 Å². The predicted molar refractivity (Wildman–Crippen MR) is 63.4 cm³/mol. The summed E-state index contributed by atoms with van der Waals surface area (Å²) in [6.07, 6.45) is -3.63. The topological polar surface area (TPSA) is 36.4 Å². The number of aliphatic hydroxyl groups excluding tert-OH is 1. The highest BCUT2D eigenvalue weighted by Gasteiger charge is 2.32. The molecular weight excluding hydrogens is 245 g/mol. The van der Waals surface area contributed by atoms with Gasteiger partial charge in [-0.3, -0.25) is 4.98 Å². The second-order valence-corrected chi connectivity index (χ2v) is 4.45. The Balaban J connectivity index is 2.93. The van der Waals surface area contributed by atoms with Gasteiger partial charge in [0.25, 0.3) is 0 Å².